The summed E-state index contributed by atoms with van der Waals surface area (Å²) in [6, 6.07) is -4.77. The van der Waals surface area contributed by atoms with Crippen molar-refractivity contribution >= 4 is 48.2 Å². The van der Waals surface area contributed by atoms with Gasteiger partial charge in [0.05, 0.1) is 12.4 Å². The third-order valence-electron chi connectivity index (χ3n) is 5.03. The maximum atomic E-state index is 12.9. The first-order valence-electron chi connectivity index (χ1n) is 11.3. The summed E-state index contributed by atoms with van der Waals surface area (Å²) in [6.07, 6.45) is 2.88. The number of aliphatic carboxylic acids is 1. The summed E-state index contributed by atoms with van der Waals surface area (Å²) >= 11 is 4.10. The predicted octanol–water partition coefficient (Wildman–Crippen LogP) is -3.93. The first-order valence-corrected chi connectivity index (χ1v) is 11.9. The van der Waals surface area contributed by atoms with Crippen molar-refractivity contribution in [2.75, 3.05) is 12.3 Å². The van der Waals surface area contributed by atoms with E-state index in [0.717, 1.165) is 0 Å². The number of hydrogen-bond donors (Lipinski definition) is 10. The molecule has 206 valence electrons. The smallest absolute Gasteiger partial charge is 0.326 e. The van der Waals surface area contributed by atoms with Gasteiger partial charge < -0.3 is 49.0 Å². The topological polar surface area (TPSA) is 287 Å². The number of guanidine groups is 1. The fraction of sp³-hybridized carbons (Fsp3) is 0.550. The van der Waals surface area contributed by atoms with E-state index >= 15 is 0 Å². The minimum Gasteiger partial charge on any atom is -0.480 e. The minimum absolute atomic E-state index is 0.0721. The molecule has 4 atom stereocenters. The molecular weight excluding hydrogens is 508 g/mol. The van der Waals surface area contributed by atoms with Crippen molar-refractivity contribution in [3.63, 3.8) is 0 Å². The number of carboxylic acids is 1. The molecule has 0 aliphatic carbocycles. The molecule has 0 aliphatic heterocycles. The van der Waals surface area contributed by atoms with Gasteiger partial charge in [0, 0.05) is 37.0 Å². The minimum atomic E-state index is -1.42. The van der Waals surface area contributed by atoms with Gasteiger partial charge in [0.15, 0.2) is 5.96 Å². The number of carbonyl (C=O) groups excluding carboxylic acids is 4. The van der Waals surface area contributed by atoms with Gasteiger partial charge >= 0.3 is 5.97 Å². The highest BCUT2D eigenvalue weighted by Crippen LogP contribution is 2.04. The summed E-state index contributed by atoms with van der Waals surface area (Å²) in [5, 5.41) is 16.6. The number of carboxylic acid groups (broad SMARTS) is 1. The van der Waals surface area contributed by atoms with E-state index in [9.17, 15) is 29.1 Å². The molecule has 1 rings (SSSR count). The summed E-state index contributed by atoms with van der Waals surface area (Å²) in [7, 11) is 0. The number of primary amides is 1. The number of nitrogens with two attached hydrogens (primary N) is 4. The number of aromatic amines is 1. The fourth-order valence-corrected chi connectivity index (χ4v) is 3.29. The quantitative estimate of drug-likeness (QED) is 0.0394. The monoisotopic (exact) mass is 542 g/mol. The lowest BCUT2D eigenvalue weighted by Gasteiger charge is -2.24. The second-order valence-electron chi connectivity index (χ2n) is 8.05. The molecule has 0 saturated carbocycles. The molecule has 0 saturated heterocycles. The summed E-state index contributed by atoms with van der Waals surface area (Å²) in [5.41, 5.74) is 21.9. The molecule has 16 nitrogen and oxygen atoms in total. The number of thiol groups is 1. The van der Waals surface area contributed by atoms with Gasteiger partial charge in [-0.1, -0.05) is 0 Å². The Labute approximate surface area is 218 Å². The normalized spacial score (nSPS) is 13.9. The SMILES string of the molecule is NC(=O)CCC(NC(=O)C(Cc1cnc[nH]1)NC(=O)C(CS)NC(=O)C(N)CCCN=C(N)N)C(=O)O. The van der Waals surface area contributed by atoms with E-state index in [1.807, 2.05) is 0 Å². The van der Waals surface area contributed by atoms with E-state index < -0.39 is 53.8 Å². The highest BCUT2D eigenvalue weighted by molar-refractivity contribution is 7.80. The molecule has 13 N–H and O–H groups in total. The Balaban J connectivity index is 2.87. The van der Waals surface area contributed by atoms with Gasteiger partial charge in [-0.2, -0.15) is 12.6 Å². The van der Waals surface area contributed by atoms with Crippen molar-refractivity contribution in [2.45, 2.75) is 56.3 Å². The van der Waals surface area contributed by atoms with Crippen molar-refractivity contribution in [2.24, 2.45) is 27.9 Å². The molecule has 0 spiro atoms. The van der Waals surface area contributed by atoms with Crippen molar-refractivity contribution in [1.29, 1.82) is 0 Å². The van der Waals surface area contributed by atoms with Crippen LogP contribution in [0.15, 0.2) is 17.5 Å². The molecule has 0 radical (unpaired) electrons. The zero-order valence-corrected chi connectivity index (χ0v) is 20.9. The average Bonchev–Trinajstić information content (AvgIpc) is 3.34. The van der Waals surface area contributed by atoms with Crippen LogP contribution in [0.4, 0.5) is 0 Å². The molecule has 4 unspecified atom stereocenters. The number of aliphatic imine (C=N–C) groups is 1. The van der Waals surface area contributed by atoms with E-state index in [4.69, 9.17) is 22.9 Å². The van der Waals surface area contributed by atoms with Crippen LogP contribution in [0.25, 0.3) is 0 Å². The molecule has 1 aromatic heterocycles. The Bertz CT molecular complexity index is 953. The van der Waals surface area contributed by atoms with Crippen molar-refractivity contribution in [1.82, 2.24) is 25.9 Å². The number of imidazole rings is 1. The van der Waals surface area contributed by atoms with E-state index in [2.05, 4.69) is 43.5 Å². The highest BCUT2D eigenvalue weighted by atomic mass is 32.1. The van der Waals surface area contributed by atoms with Gasteiger partial charge in [-0.15, -0.1) is 0 Å². The molecule has 0 aromatic carbocycles. The molecule has 1 aromatic rings. The van der Waals surface area contributed by atoms with E-state index in [1.165, 1.54) is 12.5 Å². The Morgan fingerprint density at radius 3 is 2.16 bits per heavy atom. The summed E-state index contributed by atoms with van der Waals surface area (Å²) in [5.74, 6) is -4.51. The molecule has 0 fully saturated rings. The number of H-pyrrole nitrogens is 1. The Kier molecular flexibility index (Phi) is 13.5. The number of rotatable bonds is 17. The molecule has 0 aliphatic rings. The first kappa shape index (κ1) is 31.2. The van der Waals surface area contributed by atoms with Crippen molar-refractivity contribution in [3.05, 3.63) is 18.2 Å². The van der Waals surface area contributed by atoms with Crippen LogP contribution < -0.4 is 38.9 Å². The van der Waals surface area contributed by atoms with Gasteiger partial charge in [0.25, 0.3) is 0 Å². The third-order valence-corrected chi connectivity index (χ3v) is 5.39. The van der Waals surface area contributed by atoms with Crippen LogP contribution in [0.5, 0.6) is 0 Å². The van der Waals surface area contributed by atoms with Crippen LogP contribution in [-0.2, 0) is 30.4 Å². The zero-order valence-electron chi connectivity index (χ0n) is 20.1. The van der Waals surface area contributed by atoms with Crippen LogP contribution in [0.1, 0.15) is 31.4 Å². The lowest BCUT2D eigenvalue weighted by atomic mass is 10.1. The predicted molar refractivity (Wildman–Crippen MR) is 136 cm³/mol. The second kappa shape index (κ2) is 16.0. The summed E-state index contributed by atoms with van der Waals surface area (Å²) in [4.78, 5) is 71.2. The molecule has 0 bridgehead atoms. The molecular formula is C20H34N10O6S. The highest BCUT2D eigenvalue weighted by Gasteiger charge is 2.30. The Morgan fingerprint density at radius 2 is 1.62 bits per heavy atom. The van der Waals surface area contributed by atoms with Crippen molar-refractivity contribution in [3.8, 4) is 0 Å². The zero-order chi connectivity index (χ0) is 28.0. The number of nitrogens with one attached hydrogen (secondary N) is 4. The number of nitrogens with zero attached hydrogens (tertiary/aromatic N) is 2. The van der Waals surface area contributed by atoms with Crippen LogP contribution >= 0.6 is 12.6 Å². The van der Waals surface area contributed by atoms with Crippen LogP contribution in [0.2, 0.25) is 0 Å². The van der Waals surface area contributed by atoms with Gasteiger partial charge in [0.1, 0.15) is 18.1 Å². The molecule has 37 heavy (non-hydrogen) atoms. The lowest BCUT2D eigenvalue weighted by Crippen LogP contribution is -2.58. The fourth-order valence-electron chi connectivity index (χ4n) is 3.04. The summed E-state index contributed by atoms with van der Waals surface area (Å²) < 4.78 is 0. The lowest BCUT2D eigenvalue weighted by molar-refractivity contribution is -0.142. The van der Waals surface area contributed by atoms with E-state index in [1.54, 1.807) is 0 Å². The average molecular weight is 543 g/mol. The van der Waals surface area contributed by atoms with Gasteiger partial charge in [-0.05, 0) is 19.3 Å². The van der Waals surface area contributed by atoms with Crippen LogP contribution in [-0.4, -0.2) is 87.1 Å². The van der Waals surface area contributed by atoms with Crippen LogP contribution in [0.3, 0.4) is 0 Å². The van der Waals surface area contributed by atoms with Gasteiger partial charge in [-0.25, -0.2) is 9.78 Å². The maximum absolute atomic E-state index is 12.9. The number of hydrogen-bond acceptors (Lipinski definition) is 9. The van der Waals surface area contributed by atoms with Gasteiger partial charge in [0.2, 0.25) is 23.6 Å². The molecule has 4 amide bonds. The second-order valence-corrected chi connectivity index (χ2v) is 8.41. The molecule has 1 heterocycles. The molecule has 17 heteroatoms. The third kappa shape index (κ3) is 12.1. The first-order chi connectivity index (χ1) is 17.4. The standard InChI is InChI=1S/C20H34N10O6S/c21-11(2-1-5-26-20(23)24)16(32)30-14(8-37)18(34)29-13(6-10-7-25-9-27-10)17(33)28-12(19(35)36)3-4-15(22)31/h7,9,11-14,37H,1-6,8,21H2,(H2,22,31)(H,25,27)(H,28,33)(H,29,34)(H,30,32)(H,35,36)(H4,23,24,26). The van der Waals surface area contributed by atoms with E-state index in [-0.39, 0.29) is 43.9 Å². The number of aromatic nitrogens is 2. The van der Waals surface area contributed by atoms with E-state index in [0.29, 0.717) is 12.1 Å². The Morgan fingerprint density at radius 1 is 1.00 bits per heavy atom. The Hall–Kier alpha value is -3.86. The largest absolute Gasteiger partial charge is 0.480 e. The van der Waals surface area contributed by atoms with Crippen LogP contribution in [0, 0.1) is 0 Å². The van der Waals surface area contributed by atoms with Gasteiger partial charge in [-0.3, -0.25) is 24.2 Å². The number of carbonyl (C=O) groups is 5. The number of amides is 4. The summed E-state index contributed by atoms with van der Waals surface area (Å²) in [6.45, 7) is 0.279. The maximum Gasteiger partial charge on any atom is 0.326 e. The van der Waals surface area contributed by atoms with Crippen molar-refractivity contribution < 1.29 is 29.1 Å².